The molecule has 0 bridgehead atoms. The maximum absolute atomic E-state index is 13.2. The van der Waals surface area contributed by atoms with Gasteiger partial charge < -0.3 is 10.2 Å². The third-order valence-electron chi connectivity index (χ3n) is 6.78. The van der Waals surface area contributed by atoms with Crippen molar-refractivity contribution in [3.05, 3.63) is 30.1 Å². The monoisotopic (exact) mass is 508 g/mol. The first-order valence-electron chi connectivity index (χ1n) is 12.3. The second kappa shape index (κ2) is 11.5. The highest BCUT2D eigenvalue weighted by Crippen LogP contribution is 2.31. The smallest absolute Gasteiger partial charge is 0.218 e. The van der Waals surface area contributed by atoms with Crippen LogP contribution in [0.5, 0.6) is 0 Å². The topological polar surface area (TPSA) is 81.7 Å². The summed E-state index contributed by atoms with van der Waals surface area (Å²) in [5, 5.41) is 3.80. The van der Waals surface area contributed by atoms with Crippen LogP contribution in [0.25, 0.3) is 10.9 Å². The van der Waals surface area contributed by atoms with Gasteiger partial charge in [0.15, 0.2) is 0 Å². The van der Waals surface area contributed by atoms with Gasteiger partial charge in [-0.15, -0.1) is 11.6 Å². The number of hydrogen-bond acceptors (Lipinski definition) is 7. The van der Waals surface area contributed by atoms with Crippen molar-refractivity contribution in [3.8, 4) is 0 Å². The summed E-state index contributed by atoms with van der Waals surface area (Å²) < 4.78 is 28.0. The average Bonchev–Trinajstić information content (AvgIpc) is 2.82. The summed E-state index contributed by atoms with van der Waals surface area (Å²) in [4.78, 5) is 14.0. The lowest BCUT2D eigenvalue weighted by atomic mass is 10.00. The van der Waals surface area contributed by atoms with Gasteiger partial charge in [-0.2, -0.15) is 4.31 Å². The van der Waals surface area contributed by atoms with Gasteiger partial charge in [0.1, 0.15) is 11.6 Å². The zero-order valence-corrected chi connectivity index (χ0v) is 21.9. The first-order valence-corrected chi connectivity index (χ1v) is 14.3. The van der Waals surface area contributed by atoms with Crippen LogP contribution < -0.4 is 5.32 Å². The molecule has 0 amide bonds. The lowest BCUT2D eigenvalue weighted by Crippen LogP contribution is -2.52. The van der Waals surface area contributed by atoms with Crippen molar-refractivity contribution in [1.29, 1.82) is 0 Å². The summed E-state index contributed by atoms with van der Waals surface area (Å²) in [5.41, 5.74) is 0.925. The van der Waals surface area contributed by atoms with Gasteiger partial charge in [-0.25, -0.2) is 18.4 Å². The molecule has 4 rings (SSSR count). The molecule has 2 aliphatic rings. The minimum atomic E-state index is -3.36. The molecule has 1 aromatic carbocycles. The molecule has 0 radical (unpaired) electrons. The normalized spacial score (nSPS) is 22.9. The van der Waals surface area contributed by atoms with Crippen LogP contribution in [0.2, 0.25) is 0 Å². The van der Waals surface area contributed by atoms with E-state index in [9.17, 15) is 8.42 Å². The summed E-state index contributed by atoms with van der Waals surface area (Å²) in [6, 6.07) is 8.07. The molecule has 2 fully saturated rings. The maximum Gasteiger partial charge on any atom is 0.218 e. The van der Waals surface area contributed by atoms with Crippen LogP contribution in [0.15, 0.2) is 24.3 Å². The molecule has 188 valence electrons. The predicted molar refractivity (Wildman–Crippen MR) is 139 cm³/mol. The van der Waals surface area contributed by atoms with E-state index >= 15 is 0 Å². The van der Waals surface area contributed by atoms with E-state index in [-0.39, 0.29) is 5.38 Å². The molecular weight excluding hydrogens is 472 g/mol. The van der Waals surface area contributed by atoms with Crippen LogP contribution in [-0.2, 0) is 16.6 Å². The maximum atomic E-state index is 13.2. The summed E-state index contributed by atoms with van der Waals surface area (Å²) in [5.74, 6) is 1.63. The molecule has 2 heterocycles. The molecule has 34 heavy (non-hydrogen) atoms. The number of aromatic nitrogens is 2. The quantitative estimate of drug-likeness (QED) is 0.412. The first-order chi connectivity index (χ1) is 16.3. The van der Waals surface area contributed by atoms with Crippen molar-refractivity contribution in [2.45, 2.75) is 49.3 Å². The van der Waals surface area contributed by atoms with Gasteiger partial charge in [0, 0.05) is 38.1 Å². The summed E-state index contributed by atoms with van der Waals surface area (Å²) in [6.07, 6.45) is 4.45. The van der Waals surface area contributed by atoms with E-state index in [1.54, 1.807) is 4.31 Å². The molecule has 1 aliphatic carbocycles. The van der Waals surface area contributed by atoms with Gasteiger partial charge in [0.25, 0.3) is 0 Å². The number of anilines is 1. The SMILES string of the molecule is CN(C)CCCNc1nc(CN2CCN(S(=O)(=O)C3CCCCC3Cl)CC2)nc2ccccc12. The Bertz CT molecular complexity index is 1060. The first kappa shape index (κ1) is 25.6. The van der Waals surface area contributed by atoms with Gasteiger partial charge >= 0.3 is 0 Å². The molecule has 1 aromatic heterocycles. The Hall–Kier alpha value is -1.52. The highest BCUT2D eigenvalue weighted by Gasteiger charge is 2.39. The van der Waals surface area contributed by atoms with Crippen molar-refractivity contribution in [3.63, 3.8) is 0 Å². The van der Waals surface area contributed by atoms with Crippen molar-refractivity contribution < 1.29 is 8.42 Å². The second-order valence-corrected chi connectivity index (χ2v) is 12.4. The Labute approximate surface area is 208 Å². The molecule has 2 unspecified atom stereocenters. The zero-order valence-electron chi connectivity index (χ0n) is 20.3. The van der Waals surface area contributed by atoms with Crippen molar-refractivity contribution in [1.82, 2.24) is 24.1 Å². The lowest BCUT2D eigenvalue weighted by molar-refractivity contribution is 0.177. The summed E-state index contributed by atoms with van der Waals surface area (Å²) in [6.45, 7) is 4.78. The van der Waals surface area contributed by atoms with Crippen molar-refractivity contribution >= 4 is 38.3 Å². The van der Waals surface area contributed by atoms with Crippen molar-refractivity contribution in [2.24, 2.45) is 0 Å². The number of alkyl halides is 1. The van der Waals surface area contributed by atoms with E-state index in [0.717, 1.165) is 61.3 Å². The van der Waals surface area contributed by atoms with Crippen molar-refractivity contribution in [2.75, 3.05) is 58.7 Å². The van der Waals surface area contributed by atoms with Gasteiger partial charge in [0.2, 0.25) is 10.0 Å². The highest BCUT2D eigenvalue weighted by molar-refractivity contribution is 7.89. The molecule has 1 aliphatic heterocycles. The third-order valence-corrected chi connectivity index (χ3v) is 9.87. The Morgan fingerprint density at radius 3 is 2.56 bits per heavy atom. The van der Waals surface area contributed by atoms with Gasteiger partial charge in [-0.3, -0.25) is 4.90 Å². The lowest BCUT2D eigenvalue weighted by Gasteiger charge is -2.37. The number of halogens is 1. The van der Waals surface area contributed by atoms with E-state index < -0.39 is 15.3 Å². The standard InChI is InChI=1S/C24H37ClN6O2S/c1-29(2)13-7-12-26-24-19-8-3-5-10-21(19)27-23(28-24)18-30-14-16-31(17-15-30)34(32,33)22-11-6-4-9-20(22)25/h3,5,8,10,20,22H,4,6-7,9,11-18H2,1-2H3,(H,26,27,28). The fraction of sp³-hybridized carbons (Fsp3) is 0.667. The summed E-state index contributed by atoms with van der Waals surface area (Å²) >= 11 is 6.40. The Balaban J connectivity index is 1.39. The number of hydrogen-bond donors (Lipinski definition) is 1. The Kier molecular flexibility index (Phi) is 8.63. The summed E-state index contributed by atoms with van der Waals surface area (Å²) in [7, 11) is 0.796. The van der Waals surface area contributed by atoms with E-state index in [1.807, 2.05) is 24.3 Å². The largest absolute Gasteiger partial charge is 0.369 e. The van der Waals surface area contributed by atoms with Gasteiger partial charge in [0.05, 0.1) is 22.7 Å². The molecule has 8 nitrogen and oxygen atoms in total. The minimum absolute atomic E-state index is 0.272. The van der Waals surface area contributed by atoms with E-state index in [2.05, 4.69) is 29.2 Å². The Morgan fingerprint density at radius 1 is 1.09 bits per heavy atom. The fourth-order valence-corrected chi connectivity index (χ4v) is 7.55. The number of para-hydroxylation sites is 1. The van der Waals surface area contributed by atoms with Gasteiger partial charge in [-0.05, 0) is 52.0 Å². The number of fused-ring (bicyclic) bond motifs is 1. The molecule has 10 heteroatoms. The number of piperazine rings is 1. The van der Waals surface area contributed by atoms with Gasteiger partial charge in [-0.1, -0.05) is 25.0 Å². The van der Waals surface area contributed by atoms with Crippen LogP contribution in [0.4, 0.5) is 5.82 Å². The van der Waals surface area contributed by atoms with E-state index in [1.165, 1.54) is 0 Å². The predicted octanol–water partition coefficient (Wildman–Crippen LogP) is 2.99. The fourth-order valence-electron chi connectivity index (χ4n) is 4.85. The van der Waals surface area contributed by atoms with Crippen LogP contribution in [-0.4, -0.2) is 96.5 Å². The number of benzene rings is 1. The molecule has 2 atom stereocenters. The molecule has 2 aromatic rings. The number of nitrogens with one attached hydrogen (secondary N) is 1. The highest BCUT2D eigenvalue weighted by atomic mass is 35.5. The molecule has 1 N–H and O–H groups in total. The van der Waals surface area contributed by atoms with Crippen LogP contribution in [0.1, 0.15) is 37.9 Å². The Morgan fingerprint density at radius 2 is 1.82 bits per heavy atom. The molecule has 0 spiro atoms. The molecule has 1 saturated carbocycles. The van der Waals surface area contributed by atoms with Crippen LogP contribution >= 0.6 is 11.6 Å². The zero-order chi connectivity index (χ0) is 24.1. The molecular formula is C24H37ClN6O2S. The minimum Gasteiger partial charge on any atom is -0.369 e. The second-order valence-electron chi connectivity index (χ2n) is 9.65. The molecule has 1 saturated heterocycles. The average molecular weight is 509 g/mol. The third kappa shape index (κ3) is 6.18. The van der Waals surface area contributed by atoms with E-state index in [4.69, 9.17) is 21.6 Å². The van der Waals surface area contributed by atoms with Crippen LogP contribution in [0, 0.1) is 0 Å². The number of nitrogens with zero attached hydrogens (tertiary/aromatic N) is 5. The number of sulfonamides is 1. The number of rotatable bonds is 9. The van der Waals surface area contributed by atoms with E-state index in [0.29, 0.717) is 39.1 Å². The van der Waals surface area contributed by atoms with Crippen LogP contribution in [0.3, 0.4) is 0 Å².